The number of aryl methyl sites for hydroxylation is 1. The molecule has 28 heavy (non-hydrogen) atoms. The number of carbonyl (C=O) groups excluding carboxylic acids is 1. The molecule has 0 fully saturated rings. The van der Waals surface area contributed by atoms with Crippen LogP contribution in [0.2, 0.25) is 5.02 Å². The van der Waals surface area contributed by atoms with E-state index < -0.39 is 10.9 Å². The Hall–Kier alpha value is -3.45. The average Bonchev–Trinajstić information content (AvgIpc) is 3.01. The second kappa shape index (κ2) is 6.94. The Morgan fingerprint density at radius 2 is 2.07 bits per heavy atom. The number of esters is 1. The highest BCUT2D eigenvalue weighted by molar-refractivity contribution is 6.30. The van der Waals surface area contributed by atoms with Crippen LogP contribution < -0.4 is 4.74 Å². The standard InChI is InChI=1S/C20H13ClN2O5/c1-11-6-13(2-4-17(11)23(25)26)19-22-16(20(24)28-19)8-12-7-14-9-15(21)3-5-18(14)27-10-12/h2-9H,10H2,1H3/b16-8+. The van der Waals surface area contributed by atoms with Crippen LogP contribution in [0.3, 0.4) is 0 Å². The number of hydrogen-bond acceptors (Lipinski definition) is 6. The number of cyclic esters (lactones) is 1. The zero-order valence-corrected chi connectivity index (χ0v) is 15.4. The van der Waals surface area contributed by atoms with Crippen LogP contribution in [-0.2, 0) is 9.53 Å². The molecule has 140 valence electrons. The van der Waals surface area contributed by atoms with Crippen molar-refractivity contribution >= 4 is 35.2 Å². The van der Waals surface area contributed by atoms with Gasteiger partial charge in [0.05, 0.1) is 4.92 Å². The molecule has 0 saturated heterocycles. The van der Waals surface area contributed by atoms with Gasteiger partial charge in [-0.05, 0) is 55.0 Å². The van der Waals surface area contributed by atoms with Gasteiger partial charge in [-0.15, -0.1) is 0 Å². The van der Waals surface area contributed by atoms with Crippen molar-refractivity contribution in [3.8, 4) is 5.75 Å². The zero-order chi connectivity index (χ0) is 19.8. The molecule has 0 radical (unpaired) electrons. The van der Waals surface area contributed by atoms with Crippen molar-refractivity contribution in [2.75, 3.05) is 6.61 Å². The molecule has 8 heteroatoms. The predicted octanol–water partition coefficient (Wildman–Crippen LogP) is 4.22. The summed E-state index contributed by atoms with van der Waals surface area (Å²) in [5.41, 5.74) is 2.62. The van der Waals surface area contributed by atoms with Gasteiger partial charge in [-0.25, -0.2) is 9.79 Å². The third kappa shape index (κ3) is 3.39. The number of rotatable bonds is 3. The predicted molar refractivity (Wildman–Crippen MR) is 103 cm³/mol. The highest BCUT2D eigenvalue weighted by Crippen LogP contribution is 2.30. The van der Waals surface area contributed by atoms with Crippen LogP contribution in [0.15, 0.2) is 58.7 Å². The number of nitrogens with zero attached hydrogens (tertiary/aromatic N) is 2. The maximum Gasteiger partial charge on any atom is 0.363 e. The van der Waals surface area contributed by atoms with Crippen LogP contribution in [0.25, 0.3) is 6.08 Å². The second-order valence-corrected chi connectivity index (χ2v) is 6.72. The van der Waals surface area contributed by atoms with E-state index in [1.807, 2.05) is 6.08 Å². The fourth-order valence-corrected chi connectivity index (χ4v) is 3.13. The molecule has 4 rings (SSSR count). The minimum absolute atomic E-state index is 0.00808. The van der Waals surface area contributed by atoms with Crippen LogP contribution in [0.5, 0.6) is 5.75 Å². The van der Waals surface area contributed by atoms with Crippen LogP contribution >= 0.6 is 11.6 Å². The Bertz CT molecular complexity index is 1120. The largest absolute Gasteiger partial charge is 0.488 e. The SMILES string of the molecule is Cc1cc(C2=N/C(=C/C3=Cc4cc(Cl)ccc4OC3)C(=O)O2)ccc1[N+](=O)[O-]. The number of ether oxygens (including phenoxy) is 2. The first-order chi connectivity index (χ1) is 13.4. The van der Waals surface area contributed by atoms with Crippen molar-refractivity contribution in [1.29, 1.82) is 0 Å². The highest BCUT2D eigenvalue weighted by Gasteiger charge is 2.26. The average molecular weight is 397 g/mol. The summed E-state index contributed by atoms with van der Waals surface area (Å²) in [5, 5.41) is 11.5. The first-order valence-electron chi connectivity index (χ1n) is 8.31. The number of nitro benzene ring substituents is 1. The summed E-state index contributed by atoms with van der Waals surface area (Å²) >= 11 is 6.01. The molecule has 0 N–H and O–H groups in total. The Morgan fingerprint density at radius 1 is 1.25 bits per heavy atom. The number of hydrogen-bond donors (Lipinski definition) is 0. The maximum atomic E-state index is 12.2. The van der Waals surface area contributed by atoms with Crippen molar-refractivity contribution in [3.05, 3.63) is 85.6 Å². The van der Waals surface area contributed by atoms with Crippen molar-refractivity contribution in [2.24, 2.45) is 4.99 Å². The smallest absolute Gasteiger partial charge is 0.363 e. The lowest BCUT2D eigenvalue weighted by Crippen LogP contribution is -2.08. The van der Waals surface area contributed by atoms with Gasteiger partial charge in [0, 0.05) is 27.8 Å². The summed E-state index contributed by atoms with van der Waals surface area (Å²) in [6, 6.07) is 9.73. The maximum absolute atomic E-state index is 12.2. The molecular formula is C20H13ClN2O5. The summed E-state index contributed by atoms with van der Waals surface area (Å²) < 4.78 is 10.9. The summed E-state index contributed by atoms with van der Waals surface area (Å²) in [5.74, 6) is 0.227. The molecule has 0 spiro atoms. The van der Waals surface area contributed by atoms with Crippen molar-refractivity contribution in [1.82, 2.24) is 0 Å². The van der Waals surface area contributed by atoms with Gasteiger partial charge < -0.3 is 9.47 Å². The van der Waals surface area contributed by atoms with E-state index in [-0.39, 0.29) is 23.9 Å². The van der Waals surface area contributed by atoms with Crippen LogP contribution in [0, 0.1) is 17.0 Å². The van der Waals surface area contributed by atoms with E-state index >= 15 is 0 Å². The number of aliphatic imine (C=N–C) groups is 1. The zero-order valence-electron chi connectivity index (χ0n) is 14.6. The molecule has 0 aliphatic carbocycles. The molecule has 0 amide bonds. The molecule has 2 aromatic rings. The van der Waals surface area contributed by atoms with E-state index in [2.05, 4.69) is 4.99 Å². The Kier molecular flexibility index (Phi) is 4.44. The monoisotopic (exact) mass is 396 g/mol. The summed E-state index contributed by atoms with van der Waals surface area (Å²) in [4.78, 5) is 26.9. The molecule has 2 aliphatic rings. The molecular weight excluding hydrogens is 384 g/mol. The minimum Gasteiger partial charge on any atom is -0.488 e. The summed E-state index contributed by atoms with van der Waals surface area (Å²) in [6.45, 7) is 1.90. The van der Waals surface area contributed by atoms with Gasteiger partial charge in [-0.2, -0.15) is 0 Å². The van der Waals surface area contributed by atoms with Crippen molar-refractivity contribution in [2.45, 2.75) is 6.92 Å². The second-order valence-electron chi connectivity index (χ2n) is 6.28. The summed E-state index contributed by atoms with van der Waals surface area (Å²) in [7, 11) is 0. The third-order valence-electron chi connectivity index (χ3n) is 4.29. The van der Waals surface area contributed by atoms with E-state index in [1.54, 1.807) is 37.3 Å². The normalized spacial score (nSPS) is 16.8. The molecule has 0 unspecified atom stereocenters. The fourth-order valence-electron chi connectivity index (χ4n) is 2.95. The van der Waals surface area contributed by atoms with Gasteiger partial charge in [-0.1, -0.05) is 11.6 Å². The van der Waals surface area contributed by atoms with Crippen LogP contribution in [0.1, 0.15) is 16.7 Å². The third-order valence-corrected chi connectivity index (χ3v) is 4.53. The van der Waals surface area contributed by atoms with Crippen LogP contribution in [0.4, 0.5) is 5.69 Å². The molecule has 0 aromatic heterocycles. The number of carbonyl (C=O) groups is 1. The minimum atomic E-state index is -0.594. The first-order valence-corrected chi connectivity index (χ1v) is 8.69. The Balaban J connectivity index is 1.64. The fraction of sp³-hybridized carbons (Fsp3) is 0.100. The number of halogens is 1. The summed E-state index contributed by atoms with van der Waals surface area (Å²) in [6.07, 6.45) is 3.46. The molecule has 2 aromatic carbocycles. The lowest BCUT2D eigenvalue weighted by molar-refractivity contribution is -0.385. The molecule has 7 nitrogen and oxygen atoms in total. The number of fused-ring (bicyclic) bond motifs is 1. The van der Waals surface area contributed by atoms with Crippen molar-refractivity contribution in [3.63, 3.8) is 0 Å². The van der Waals surface area contributed by atoms with Gasteiger partial charge in [0.1, 0.15) is 12.4 Å². The van der Waals surface area contributed by atoms with Gasteiger partial charge in [0.25, 0.3) is 5.69 Å². The lowest BCUT2D eigenvalue weighted by atomic mass is 10.1. The quantitative estimate of drug-likeness (QED) is 0.335. The van der Waals surface area contributed by atoms with Crippen molar-refractivity contribution < 1.29 is 19.2 Å². The number of benzene rings is 2. The van der Waals surface area contributed by atoms with E-state index in [9.17, 15) is 14.9 Å². The number of nitro groups is 1. The van der Waals surface area contributed by atoms with Gasteiger partial charge in [0.2, 0.25) is 5.90 Å². The molecule has 0 atom stereocenters. The Morgan fingerprint density at radius 3 is 2.82 bits per heavy atom. The van der Waals surface area contributed by atoms with Gasteiger partial charge in [-0.3, -0.25) is 10.1 Å². The molecule has 0 saturated carbocycles. The van der Waals surface area contributed by atoms with Gasteiger partial charge in [0.15, 0.2) is 5.70 Å². The molecule has 2 heterocycles. The highest BCUT2D eigenvalue weighted by atomic mass is 35.5. The first kappa shape index (κ1) is 17.9. The topological polar surface area (TPSA) is 91.0 Å². The van der Waals surface area contributed by atoms with E-state index in [1.165, 1.54) is 12.1 Å². The Labute approximate surface area is 164 Å². The molecule has 2 aliphatic heterocycles. The van der Waals surface area contributed by atoms with E-state index in [0.717, 1.165) is 11.1 Å². The van der Waals surface area contributed by atoms with E-state index in [0.29, 0.717) is 21.9 Å². The van der Waals surface area contributed by atoms with Gasteiger partial charge >= 0.3 is 5.97 Å². The molecule has 0 bridgehead atoms. The van der Waals surface area contributed by atoms with E-state index in [4.69, 9.17) is 21.1 Å². The van der Waals surface area contributed by atoms with Crippen LogP contribution in [-0.4, -0.2) is 23.4 Å². The lowest BCUT2D eigenvalue weighted by Gasteiger charge is -2.16.